The maximum Gasteiger partial charge on any atom is 0.0109 e. The smallest absolute Gasteiger partial charge is 0.0109 e. The fraction of sp³-hybridized carbons (Fsp3) is 0.273. The summed E-state index contributed by atoms with van der Waals surface area (Å²) >= 11 is 0. The molecule has 1 aromatic rings. The molecule has 1 aliphatic rings. The molecule has 1 nitrogen and oxygen atoms in total. The zero-order valence-corrected chi connectivity index (χ0v) is 8.21. The minimum absolute atomic E-state index is 0. The average molecular weight is 196 g/mol. The van der Waals surface area contributed by atoms with Gasteiger partial charge < -0.3 is 5.73 Å². The molecule has 0 spiro atoms. The van der Waals surface area contributed by atoms with Gasteiger partial charge in [0.1, 0.15) is 0 Å². The number of hydrogen-bond acceptors (Lipinski definition) is 1. The Morgan fingerprint density at radius 2 is 1.85 bits per heavy atom. The fourth-order valence-corrected chi connectivity index (χ4v) is 1.26. The van der Waals surface area contributed by atoms with Gasteiger partial charge in [-0.05, 0) is 17.9 Å². The number of rotatable bonds is 2. The van der Waals surface area contributed by atoms with Gasteiger partial charge in [-0.2, -0.15) is 0 Å². The largest absolute Gasteiger partial charge is 0.327 e. The van der Waals surface area contributed by atoms with Crippen LogP contribution < -0.4 is 5.73 Å². The Hall–Kier alpha value is -0.790. The molecule has 2 heteroatoms. The lowest BCUT2D eigenvalue weighted by Crippen LogP contribution is -1.99. The molecular weight excluding hydrogens is 182 g/mol. The monoisotopic (exact) mass is 195 g/mol. The molecule has 1 fully saturated rings. The van der Waals surface area contributed by atoms with E-state index in [2.05, 4.69) is 24.3 Å². The van der Waals surface area contributed by atoms with Crippen LogP contribution >= 0.6 is 12.4 Å². The van der Waals surface area contributed by atoms with Crippen LogP contribution in [0.1, 0.15) is 12.0 Å². The Bertz CT molecular complexity index is 281. The summed E-state index contributed by atoms with van der Waals surface area (Å²) in [6.07, 6.45) is 5.51. The highest BCUT2D eigenvalue weighted by Crippen LogP contribution is 2.29. The van der Waals surface area contributed by atoms with Crippen LogP contribution in [0.4, 0.5) is 0 Å². The predicted molar refractivity (Wildman–Crippen MR) is 58.8 cm³/mol. The number of nitrogens with two attached hydrogens (primary N) is 1. The molecule has 2 atom stereocenters. The van der Waals surface area contributed by atoms with Crippen LogP contribution in [-0.2, 0) is 0 Å². The summed E-state index contributed by atoms with van der Waals surface area (Å²) in [6, 6.07) is 10.7. The zero-order valence-electron chi connectivity index (χ0n) is 7.39. The maximum absolute atomic E-state index is 5.68. The van der Waals surface area contributed by atoms with Crippen LogP contribution in [0.3, 0.4) is 0 Å². The van der Waals surface area contributed by atoms with Crippen LogP contribution in [0.5, 0.6) is 0 Å². The second kappa shape index (κ2) is 4.45. The molecule has 2 N–H and O–H groups in total. The predicted octanol–water partition coefficient (Wildman–Crippen LogP) is 2.47. The Morgan fingerprint density at radius 1 is 1.23 bits per heavy atom. The molecule has 0 amide bonds. The summed E-state index contributed by atoms with van der Waals surface area (Å²) in [4.78, 5) is 0. The van der Waals surface area contributed by atoms with Crippen LogP contribution in [0.15, 0.2) is 36.4 Å². The van der Waals surface area contributed by atoms with Gasteiger partial charge >= 0.3 is 0 Å². The Kier molecular flexibility index (Phi) is 3.52. The van der Waals surface area contributed by atoms with E-state index in [1.807, 2.05) is 18.2 Å². The topological polar surface area (TPSA) is 26.0 Å². The molecule has 70 valence electrons. The van der Waals surface area contributed by atoms with Crippen molar-refractivity contribution in [2.45, 2.75) is 12.5 Å². The van der Waals surface area contributed by atoms with Crippen molar-refractivity contribution in [3.05, 3.63) is 42.0 Å². The van der Waals surface area contributed by atoms with E-state index < -0.39 is 0 Å². The highest BCUT2D eigenvalue weighted by atomic mass is 35.5. The lowest BCUT2D eigenvalue weighted by Gasteiger charge is -1.89. The third-order valence-electron chi connectivity index (χ3n) is 2.23. The normalized spacial score (nSPS) is 25.6. The van der Waals surface area contributed by atoms with E-state index >= 15 is 0 Å². The third-order valence-corrected chi connectivity index (χ3v) is 2.23. The van der Waals surface area contributed by atoms with Crippen molar-refractivity contribution in [1.82, 2.24) is 0 Å². The van der Waals surface area contributed by atoms with E-state index in [1.165, 1.54) is 5.56 Å². The fourth-order valence-electron chi connectivity index (χ4n) is 1.26. The van der Waals surface area contributed by atoms with Crippen LogP contribution in [0.25, 0.3) is 6.08 Å². The van der Waals surface area contributed by atoms with Gasteiger partial charge in [0, 0.05) is 6.04 Å². The minimum atomic E-state index is 0. The molecule has 2 rings (SSSR count). The lowest BCUT2D eigenvalue weighted by molar-refractivity contribution is 0.980. The summed E-state index contributed by atoms with van der Waals surface area (Å²) < 4.78 is 0. The minimum Gasteiger partial charge on any atom is -0.327 e. The van der Waals surface area contributed by atoms with Crippen molar-refractivity contribution in [3.8, 4) is 0 Å². The van der Waals surface area contributed by atoms with Gasteiger partial charge in [0.15, 0.2) is 0 Å². The van der Waals surface area contributed by atoms with E-state index in [9.17, 15) is 0 Å². The Morgan fingerprint density at radius 3 is 2.38 bits per heavy atom. The first-order valence-electron chi connectivity index (χ1n) is 4.35. The SMILES string of the molecule is Cl.NC1CC1/C=C/c1ccccc1. The van der Waals surface area contributed by atoms with Gasteiger partial charge in [0.25, 0.3) is 0 Å². The molecular formula is C11H14ClN. The van der Waals surface area contributed by atoms with Gasteiger partial charge in [-0.25, -0.2) is 0 Å². The second-order valence-corrected chi connectivity index (χ2v) is 3.33. The maximum atomic E-state index is 5.68. The molecule has 0 heterocycles. The standard InChI is InChI=1S/C11H13N.ClH/c12-11-8-10(11)7-6-9-4-2-1-3-5-9;/h1-7,10-11H,8,12H2;1H/b7-6+;. The number of benzene rings is 1. The first-order chi connectivity index (χ1) is 5.86. The summed E-state index contributed by atoms with van der Waals surface area (Å²) in [5, 5.41) is 0. The molecule has 0 aromatic heterocycles. The Balaban J connectivity index is 0.000000845. The van der Waals surface area contributed by atoms with Gasteiger partial charge in [0.2, 0.25) is 0 Å². The summed E-state index contributed by atoms with van der Waals surface area (Å²) in [6.45, 7) is 0. The average Bonchev–Trinajstić information content (AvgIpc) is 2.81. The van der Waals surface area contributed by atoms with E-state index in [0.29, 0.717) is 12.0 Å². The van der Waals surface area contributed by atoms with Crippen molar-refractivity contribution in [2.75, 3.05) is 0 Å². The molecule has 0 saturated heterocycles. The van der Waals surface area contributed by atoms with E-state index in [0.717, 1.165) is 6.42 Å². The van der Waals surface area contributed by atoms with Gasteiger partial charge in [-0.1, -0.05) is 42.5 Å². The lowest BCUT2D eigenvalue weighted by atomic mass is 10.2. The van der Waals surface area contributed by atoms with Gasteiger partial charge in [-0.3, -0.25) is 0 Å². The van der Waals surface area contributed by atoms with Crippen molar-refractivity contribution in [2.24, 2.45) is 11.7 Å². The molecule has 2 unspecified atom stereocenters. The molecule has 0 aliphatic heterocycles. The quantitative estimate of drug-likeness (QED) is 0.771. The van der Waals surface area contributed by atoms with Crippen LogP contribution in [-0.4, -0.2) is 6.04 Å². The highest BCUT2D eigenvalue weighted by molar-refractivity contribution is 5.85. The molecule has 1 aliphatic carbocycles. The number of halogens is 1. The zero-order chi connectivity index (χ0) is 8.39. The van der Waals surface area contributed by atoms with Crippen molar-refractivity contribution < 1.29 is 0 Å². The van der Waals surface area contributed by atoms with Gasteiger partial charge in [0.05, 0.1) is 0 Å². The van der Waals surface area contributed by atoms with Crippen LogP contribution in [0.2, 0.25) is 0 Å². The highest BCUT2D eigenvalue weighted by Gasteiger charge is 2.30. The summed E-state index contributed by atoms with van der Waals surface area (Å²) in [5.41, 5.74) is 6.94. The first-order valence-corrected chi connectivity index (χ1v) is 4.35. The number of hydrogen-bond donors (Lipinski definition) is 1. The summed E-state index contributed by atoms with van der Waals surface area (Å²) in [5.74, 6) is 0.630. The third kappa shape index (κ3) is 2.87. The van der Waals surface area contributed by atoms with E-state index in [1.54, 1.807) is 0 Å². The molecule has 1 saturated carbocycles. The molecule has 1 aromatic carbocycles. The van der Waals surface area contributed by atoms with E-state index in [-0.39, 0.29) is 12.4 Å². The van der Waals surface area contributed by atoms with Crippen molar-refractivity contribution in [3.63, 3.8) is 0 Å². The van der Waals surface area contributed by atoms with E-state index in [4.69, 9.17) is 5.73 Å². The van der Waals surface area contributed by atoms with Crippen molar-refractivity contribution in [1.29, 1.82) is 0 Å². The Labute approximate surface area is 85.1 Å². The second-order valence-electron chi connectivity index (χ2n) is 3.33. The molecule has 0 bridgehead atoms. The van der Waals surface area contributed by atoms with Gasteiger partial charge in [-0.15, -0.1) is 12.4 Å². The first kappa shape index (κ1) is 10.3. The summed E-state index contributed by atoms with van der Waals surface area (Å²) in [7, 11) is 0. The molecule has 13 heavy (non-hydrogen) atoms. The van der Waals surface area contributed by atoms with Crippen LogP contribution in [0, 0.1) is 5.92 Å². The molecule has 0 radical (unpaired) electrons. The van der Waals surface area contributed by atoms with Crippen molar-refractivity contribution >= 4 is 18.5 Å².